The fourth-order valence-corrected chi connectivity index (χ4v) is 2.18. The zero-order chi connectivity index (χ0) is 12.6. The first kappa shape index (κ1) is 12.0. The third kappa shape index (κ3) is 2.44. The van der Waals surface area contributed by atoms with Crippen molar-refractivity contribution in [3.63, 3.8) is 0 Å². The quantitative estimate of drug-likeness (QED) is 0.884. The van der Waals surface area contributed by atoms with Crippen molar-refractivity contribution in [2.24, 2.45) is 7.05 Å². The zero-order valence-electron chi connectivity index (χ0n) is 10.8. The van der Waals surface area contributed by atoms with Gasteiger partial charge in [-0.25, -0.2) is 0 Å². The van der Waals surface area contributed by atoms with E-state index in [-0.39, 0.29) is 0 Å². The second-order valence-electron chi connectivity index (χ2n) is 5.14. The van der Waals surface area contributed by atoms with Crippen LogP contribution < -0.4 is 4.74 Å². The second kappa shape index (κ2) is 4.08. The Hall–Kier alpha value is -1.48. The highest BCUT2D eigenvalue weighted by Crippen LogP contribution is 2.27. The van der Waals surface area contributed by atoms with Crippen molar-refractivity contribution in [1.82, 2.24) is 4.57 Å². The van der Waals surface area contributed by atoms with Crippen LogP contribution in [0.4, 0.5) is 0 Å². The molecule has 1 aromatic carbocycles. The normalized spacial score (nSPS) is 12.1. The van der Waals surface area contributed by atoms with Gasteiger partial charge in [0.25, 0.3) is 0 Å². The van der Waals surface area contributed by atoms with Gasteiger partial charge in [0, 0.05) is 31.1 Å². The van der Waals surface area contributed by atoms with Crippen LogP contribution in [0.1, 0.15) is 19.4 Å². The van der Waals surface area contributed by atoms with Gasteiger partial charge in [0.15, 0.2) is 0 Å². The molecule has 0 fully saturated rings. The molecule has 0 atom stereocenters. The molecule has 0 saturated carbocycles. The maximum absolute atomic E-state index is 9.91. The number of aromatic nitrogens is 1. The number of nitrogens with zero attached hydrogens (tertiary/aromatic N) is 1. The maximum Gasteiger partial charge on any atom is 0.120 e. The highest BCUT2D eigenvalue weighted by Gasteiger charge is 2.17. The first-order valence-electron chi connectivity index (χ1n) is 5.75. The molecule has 0 radical (unpaired) electrons. The predicted octanol–water partition coefficient (Wildman–Crippen LogP) is 2.50. The van der Waals surface area contributed by atoms with E-state index in [1.807, 2.05) is 33.0 Å². The topological polar surface area (TPSA) is 34.4 Å². The van der Waals surface area contributed by atoms with E-state index in [0.717, 1.165) is 16.8 Å². The second-order valence-corrected chi connectivity index (χ2v) is 5.14. The molecule has 0 spiro atoms. The number of hydrogen-bond acceptors (Lipinski definition) is 2. The van der Waals surface area contributed by atoms with Crippen LogP contribution in [0.2, 0.25) is 0 Å². The zero-order valence-corrected chi connectivity index (χ0v) is 10.8. The fraction of sp³-hybridized carbons (Fsp3) is 0.429. The molecule has 0 aliphatic carbocycles. The van der Waals surface area contributed by atoms with Crippen molar-refractivity contribution in [1.29, 1.82) is 0 Å². The number of benzene rings is 1. The van der Waals surface area contributed by atoms with E-state index in [1.165, 1.54) is 5.39 Å². The van der Waals surface area contributed by atoms with E-state index in [4.69, 9.17) is 4.74 Å². The predicted molar refractivity (Wildman–Crippen MR) is 69.5 cm³/mol. The molecule has 2 rings (SSSR count). The lowest BCUT2D eigenvalue weighted by atomic mass is 9.98. The van der Waals surface area contributed by atoms with Crippen molar-refractivity contribution < 1.29 is 9.84 Å². The molecule has 0 amide bonds. The van der Waals surface area contributed by atoms with Gasteiger partial charge in [0.1, 0.15) is 5.75 Å². The Morgan fingerprint density at radius 1 is 1.35 bits per heavy atom. The van der Waals surface area contributed by atoms with Crippen molar-refractivity contribution >= 4 is 10.9 Å². The number of rotatable bonds is 3. The Morgan fingerprint density at radius 3 is 2.65 bits per heavy atom. The van der Waals surface area contributed by atoms with E-state index in [2.05, 4.69) is 16.8 Å². The molecule has 1 heterocycles. The summed E-state index contributed by atoms with van der Waals surface area (Å²) in [6.45, 7) is 3.66. The number of hydrogen-bond donors (Lipinski definition) is 1. The Bertz CT molecular complexity index is 535. The molecule has 2 aromatic rings. The van der Waals surface area contributed by atoms with Crippen LogP contribution in [-0.2, 0) is 13.5 Å². The number of aryl methyl sites for hydroxylation is 1. The Morgan fingerprint density at radius 2 is 2.06 bits per heavy atom. The molecule has 3 nitrogen and oxygen atoms in total. The average Bonchev–Trinajstić information content (AvgIpc) is 2.53. The van der Waals surface area contributed by atoms with E-state index in [0.29, 0.717) is 6.42 Å². The van der Waals surface area contributed by atoms with Crippen LogP contribution in [0.3, 0.4) is 0 Å². The molecule has 0 aliphatic heterocycles. The minimum Gasteiger partial charge on any atom is -0.497 e. The van der Waals surface area contributed by atoms with E-state index in [9.17, 15) is 5.11 Å². The van der Waals surface area contributed by atoms with Crippen molar-refractivity contribution in [3.05, 3.63) is 30.0 Å². The van der Waals surface area contributed by atoms with Crippen LogP contribution in [0.5, 0.6) is 5.75 Å². The molecule has 0 saturated heterocycles. The summed E-state index contributed by atoms with van der Waals surface area (Å²) in [5.41, 5.74) is 1.61. The standard InChI is InChI=1S/C14H19NO2/c1-14(2,16)8-10-9-15(3)13-7-11(17-4)5-6-12(10)13/h5-7,9,16H,8H2,1-4H3. The smallest absolute Gasteiger partial charge is 0.120 e. The van der Waals surface area contributed by atoms with Gasteiger partial charge in [-0.05, 0) is 31.5 Å². The number of methoxy groups -OCH3 is 1. The average molecular weight is 233 g/mol. The molecule has 1 aromatic heterocycles. The molecule has 0 bridgehead atoms. The fourth-order valence-electron chi connectivity index (χ4n) is 2.18. The molecule has 0 unspecified atom stereocenters. The first-order chi connectivity index (χ1) is 7.90. The highest BCUT2D eigenvalue weighted by atomic mass is 16.5. The summed E-state index contributed by atoms with van der Waals surface area (Å²) in [6.07, 6.45) is 2.72. The first-order valence-corrected chi connectivity index (χ1v) is 5.75. The van der Waals surface area contributed by atoms with Gasteiger partial charge in [-0.3, -0.25) is 0 Å². The van der Waals surface area contributed by atoms with Crippen LogP contribution in [0.15, 0.2) is 24.4 Å². The van der Waals surface area contributed by atoms with E-state index >= 15 is 0 Å². The lowest BCUT2D eigenvalue weighted by molar-refractivity contribution is 0.0813. The SMILES string of the molecule is COc1ccc2c(CC(C)(C)O)cn(C)c2c1. The summed E-state index contributed by atoms with van der Waals surface area (Å²) in [4.78, 5) is 0. The minimum absolute atomic E-state index is 0.649. The lowest BCUT2D eigenvalue weighted by Crippen LogP contribution is -2.21. The van der Waals surface area contributed by atoms with Crippen LogP contribution in [0, 0.1) is 0 Å². The van der Waals surface area contributed by atoms with Gasteiger partial charge in [-0.2, -0.15) is 0 Å². The summed E-state index contributed by atoms with van der Waals surface area (Å²) >= 11 is 0. The summed E-state index contributed by atoms with van der Waals surface area (Å²) in [6, 6.07) is 6.02. The van der Waals surface area contributed by atoms with Gasteiger partial charge in [-0.1, -0.05) is 0 Å². The molecule has 1 N–H and O–H groups in total. The van der Waals surface area contributed by atoms with Crippen LogP contribution in [0.25, 0.3) is 10.9 Å². The third-order valence-electron chi connectivity index (χ3n) is 2.90. The van der Waals surface area contributed by atoms with Gasteiger partial charge in [-0.15, -0.1) is 0 Å². The molecule has 0 aliphatic rings. The number of ether oxygens (including phenoxy) is 1. The summed E-state index contributed by atoms with van der Waals surface area (Å²) in [5.74, 6) is 0.855. The Kier molecular flexibility index (Phi) is 2.87. The van der Waals surface area contributed by atoms with Gasteiger partial charge >= 0.3 is 0 Å². The van der Waals surface area contributed by atoms with Crippen LogP contribution in [-0.4, -0.2) is 22.4 Å². The molecule has 92 valence electrons. The monoisotopic (exact) mass is 233 g/mol. The van der Waals surface area contributed by atoms with Crippen molar-refractivity contribution in [2.75, 3.05) is 7.11 Å². The minimum atomic E-state index is -0.686. The number of aliphatic hydroxyl groups is 1. The van der Waals surface area contributed by atoms with Crippen molar-refractivity contribution in [3.8, 4) is 5.75 Å². The lowest BCUT2D eigenvalue weighted by Gasteiger charge is -2.16. The van der Waals surface area contributed by atoms with E-state index in [1.54, 1.807) is 7.11 Å². The largest absolute Gasteiger partial charge is 0.497 e. The van der Waals surface area contributed by atoms with Crippen LogP contribution >= 0.6 is 0 Å². The van der Waals surface area contributed by atoms with Crippen molar-refractivity contribution in [2.45, 2.75) is 25.9 Å². The molecule has 3 heteroatoms. The van der Waals surface area contributed by atoms with E-state index < -0.39 is 5.60 Å². The molecule has 17 heavy (non-hydrogen) atoms. The Labute approximate surface area is 102 Å². The highest BCUT2D eigenvalue weighted by molar-refractivity contribution is 5.85. The summed E-state index contributed by atoms with van der Waals surface area (Å²) in [7, 11) is 3.68. The van der Waals surface area contributed by atoms with Gasteiger partial charge < -0.3 is 14.4 Å². The third-order valence-corrected chi connectivity index (χ3v) is 2.90. The molecular weight excluding hydrogens is 214 g/mol. The van der Waals surface area contributed by atoms with Gasteiger partial charge in [0.2, 0.25) is 0 Å². The van der Waals surface area contributed by atoms with Gasteiger partial charge in [0.05, 0.1) is 18.2 Å². The molecular formula is C14H19NO2. The Balaban J connectivity index is 2.52. The number of fused-ring (bicyclic) bond motifs is 1. The summed E-state index contributed by atoms with van der Waals surface area (Å²) < 4.78 is 7.29. The maximum atomic E-state index is 9.91. The summed E-state index contributed by atoms with van der Waals surface area (Å²) in [5, 5.41) is 11.1.